The van der Waals surface area contributed by atoms with Crippen LogP contribution in [0.5, 0.6) is 5.75 Å². The number of methoxy groups -OCH3 is 1. The van der Waals surface area contributed by atoms with Crippen molar-refractivity contribution in [2.45, 2.75) is 31.2 Å². The zero-order chi connectivity index (χ0) is 23.8. The first-order chi connectivity index (χ1) is 15.7. The Morgan fingerprint density at radius 3 is 2.52 bits per heavy atom. The van der Waals surface area contributed by atoms with Gasteiger partial charge in [-0.3, -0.25) is 9.10 Å². The summed E-state index contributed by atoms with van der Waals surface area (Å²) in [7, 11) is -2.71. The maximum Gasteiger partial charge on any atom is 0.268 e. The van der Waals surface area contributed by atoms with Gasteiger partial charge in [0.25, 0.3) is 10.0 Å². The van der Waals surface area contributed by atoms with Gasteiger partial charge in [0.1, 0.15) is 17.2 Å². The highest BCUT2D eigenvalue weighted by atomic mass is 35.5. The smallest absolute Gasteiger partial charge is 0.268 e. The molecule has 3 aromatic carbocycles. The van der Waals surface area contributed by atoms with Crippen molar-refractivity contribution in [1.29, 1.82) is 0 Å². The second kappa shape index (κ2) is 9.08. The summed E-state index contributed by atoms with van der Waals surface area (Å²) in [5.41, 5.74) is 2.99. The minimum absolute atomic E-state index is 0.00243. The van der Waals surface area contributed by atoms with Crippen molar-refractivity contribution in [3.05, 3.63) is 82.9 Å². The molecule has 1 amide bonds. The largest absolute Gasteiger partial charge is 0.495 e. The van der Waals surface area contributed by atoms with Gasteiger partial charge in [0, 0.05) is 16.8 Å². The molecule has 0 spiro atoms. The summed E-state index contributed by atoms with van der Waals surface area (Å²) in [6.45, 7) is 3.40. The topological polar surface area (TPSA) is 66.9 Å². The molecule has 0 aliphatic carbocycles. The normalized spacial score (nSPS) is 15.3. The van der Waals surface area contributed by atoms with Crippen LogP contribution in [-0.2, 0) is 21.2 Å². The summed E-state index contributed by atoms with van der Waals surface area (Å²) in [6.07, 6.45) is 0.724. The molecule has 0 saturated heterocycles. The van der Waals surface area contributed by atoms with Gasteiger partial charge in [-0.2, -0.15) is 0 Å². The first-order valence-corrected chi connectivity index (χ1v) is 12.4. The minimum Gasteiger partial charge on any atom is -0.495 e. The van der Waals surface area contributed by atoms with Crippen LogP contribution in [0.1, 0.15) is 18.1 Å². The van der Waals surface area contributed by atoms with E-state index in [4.69, 9.17) is 16.3 Å². The standard InChI is InChI=1S/C25H25ClN2O4S/c1-17-8-13-23(32-3)24(14-17)33(30,31)27(21-11-9-20(26)10-12-21)16-25(29)28-18(2)15-19-6-4-5-7-22(19)28/h4-14,18H,15-16H2,1-3H3/t18-/m1/s1. The van der Waals surface area contributed by atoms with E-state index >= 15 is 0 Å². The highest BCUT2D eigenvalue weighted by molar-refractivity contribution is 7.93. The molecule has 0 fully saturated rings. The maximum atomic E-state index is 13.9. The summed E-state index contributed by atoms with van der Waals surface area (Å²) < 4.78 is 34.2. The number of para-hydroxylation sites is 1. The predicted octanol–water partition coefficient (Wildman–Crippen LogP) is 4.83. The second-order valence-corrected chi connectivity index (χ2v) is 10.4. The lowest BCUT2D eigenvalue weighted by molar-refractivity contribution is -0.117. The van der Waals surface area contributed by atoms with Crippen LogP contribution in [0.15, 0.2) is 71.6 Å². The van der Waals surface area contributed by atoms with Crippen LogP contribution in [0.4, 0.5) is 11.4 Å². The molecule has 1 aliphatic rings. The molecule has 1 atom stereocenters. The molecule has 0 aromatic heterocycles. The maximum absolute atomic E-state index is 13.9. The second-order valence-electron chi connectivity index (χ2n) is 8.09. The molecule has 33 heavy (non-hydrogen) atoms. The Hall–Kier alpha value is -3.03. The number of rotatable bonds is 6. The van der Waals surface area contributed by atoms with Gasteiger partial charge < -0.3 is 9.64 Å². The van der Waals surface area contributed by atoms with E-state index in [2.05, 4.69) is 0 Å². The van der Waals surface area contributed by atoms with Gasteiger partial charge in [-0.1, -0.05) is 35.9 Å². The Balaban J connectivity index is 1.78. The summed E-state index contributed by atoms with van der Waals surface area (Å²) >= 11 is 6.04. The zero-order valence-corrected chi connectivity index (χ0v) is 20.2. The van der Waals surface area contributed by atoms with E-state index in [9.17, 15) is 13.2 Å². The molecular weight excluding hydrogens is 460 g/mol. The number of fused-ring (bicyclic) bond motifs is 1. The molecule has 3 aromatic rings. The third-order valence-electron chi connectivity index (χ3n) is 5.76. The molecule has 1 aliphatic heterocycles. The molecule has 0 saturated carbocycles. The Kier molecular flexibility index (Phi) is 6.36. The average Bonchev–Trinajstić information content (AvgIpc) is 3.13. The first kappa shape index (κ1) is 23.1. The van der Waals surface area contributed by atoms with E-state index in [1.807, 2.05) is 31.2 Å². The summed E-state index contributed by atoms with van der Waals surface area (Å²) in [5, 5.41) is 0.470. The SMILES string of the molecule is COc1ccc(C)cc1S(=O)(=O)N(CC(=O)N1c2ccccc2C[C@H]1C)c1ccc(Cl)cc1. The van der Waals surface area contributed by atoms with E-state index in [0.29, 0.717) is 10.7 Å². The highest BCUT2D eigenvalue weighted by Crippen LogP contribution is 2.34. The van der Waals surface area contributed by atoms with Crippen molar-refractivity contribution in [3.8, 4) is 5.75 Å². The fourth-order valence-electron chi connectivity index (χ4n) is 4.17. The molecular formula is C25H25ClN2O4S. The van der Waals surface area contributed by atoms with Gasteiger partial charge in [-0.15, -0.1) is 0 Å². The van der Waals surface area contributed by atoms with Gasteiger partial charge in [0.2, 0.25) is 5.91 Å². The van der Waals surface area contributed by atoms with E-state index in [-0.39, 0.29) is 29.1 Å². The van der Waals surface area contributed by atoms with Gasteiger partial charge >= 0.3 is 0 Å². The molecule has 6 nitrogen and oxygen atoms in total. The van der Waals surface area contributed by atoms with Crippen LogP contribution in [0.25, 0.3) is 0 Å². The number of aryl methyl sites for hydroxylation is 1. The van der Waals surface area contributed by atoms with Gasteiger partial charge in [-0.25, -0.2) is 8.42 Å². The first-order valence-electron chi connectivity index (χ1n) is 10.6. The zero-order valence-electron chi connectivity index (χ0n) is 18.7. The molecule has 4 rings (SSSR count). The lowest BCUT2D eigenvalue weighted by Gasteiger charge is -2.29. The van der Waals surface area contributed by atoms with Crippen molar-refractivity contribution in [3.63, 3.8) is 0 Å². The Morgan fingerprint density at radius 1 is 1.12 bits per heavy atom. The lowest BCUT2D eigenvalue weighted by atomic mass is 10.1. The summed E-state index contributed by atoms with van der Waals surface area (Å²) in [6, 6.07) is 19.0. The summed E-state index contributed by atoms with van der Waals surface area (Å²) in [4.78, 5) is 15.2. The fraction of sp³-hybridized carbons (Fsp3) is 0.240. The van der Waals surface area contributed by atoms with Crippen molar-refractivity contribution >= 4 is 38.9 Å². The number of hydrogen-bond donors (Lipinski definition) is 0. The predicted molar refractivity (Wildman–Crippen MR) is 131 cm³/mol. The van der Waals surface area contributed by atoms with E-state index in [1.54, 1.807) is 54.3 Å². The van der Waals surface area contributed by atoms with Gasteiger partial charge in [-0.05, 0) is 73.9 Å². The van der Waals surface area contributed by atoms with Crippen LogP contribution in [0.3, 0.4) is 0 Å². The molecule has 0 N–H and O–H groups in total. The lowest BCUT2D eigenvalue weighted by Crippen LogP contribution is -2.45. The van der Waals surface area contributed by atoms with Crippen LogP contribution >= 0.6 is 11.6 Å². The number of sulfonamides is 1. The average molecular weight is 485 g/mol. The molecule has 8 heteroatoms. The third-order valence-corrected chi connectivity index (χ3v) is 7.80. The van der Waals surface area contributed by atoms with Crippen LogP contribution in [-0.4, -0.2) is 34.0 Å². The van der Waals surface area contributed by atoms with Gasteiger partial charge in [0.15, 0.2) is 0 Å². The van der Waals surface area contributed by atoms with Crippen LogP contribution in [0.2, 0.25) is 5.02 Å². The highest BCUT2D eigenvalue weighted by Gasteiger charge is 2.35. The third kappa shape index (κ3) is 4.43. The number of carbonyl (C=O) groups is 1. The van der Waals surface area contributed by atoms with E-state index in [1.165, 1.54) is 7.11 Å². The Labute approximate surface area is 199 Å². The molecule has 0 radical (unpaired) electrons. The van der Waals surface area contributed by atoms with Crippen molar-refractivity contribution in [2.24, 2.45) is 0 Å². The minimum atomic E-state index is -4.13. The Bertz CT molecular complexity index is 1290. The number of hydrogen-bond acceptors (Lipinski definition) is 4. The van der Waals surface area contributed by atoms with E-state index in [0.717, 1.165) is 27.5 Å². The number of halogens is 1. The number of benzene rings is 3. The summed E-state index contributed by atoms with van der Waals surface area (Å²) in [5.74, 6) is -0.0931. The molecule has 0 unspecified atom stereocenters. The van der Waals surface area contributed by atoms with E-state index < -0.39 is 10.0 Å². The molecule has 0 bridgehead atoms. The monoisotopic (exact) mass is 484 g/mol. The van der Waals surface area contributed by atoms with Crippen molar-refractivity contribution in [2.75, 3.05) is 22.9 Å². The van der Waals surface area contributed by atoms with Crippen LogP contribution < -0.4 is 13.9 Å². The molecule has 172 valence electrons. The number of anilines is 2. The fourth-order valence-corrected chi connectivity index (χ4v) is 5.95. The van der Waals surface area contributed by atoms with Crippen molar-refractivity contribution in [1.82, 2.24) is 0 Å². The number of amides is 1. The van der Waals surface area contributed by atoms with Crippen LogP contribution in [0, 0.1) is 6.92 Å². The van der Waals surface area contributed by atoms with Gasteiger partial charge in [0.05, 0.1) is 12.8 Å². The van der Waals surface area contributed by atoms with Crippen molar-refractivity contribution < 1.29 is 17.9 Å². The molecule has 1 heterocycles. The number of ether oxygens (including phenoxy) is 1. The number of carbonyl (C=O) groups excluding carboxylic acids is 1. The quantitative estimate of drug-likeness (QED) is 0.502. The Morgan fingerprint density at radius 2 is 1.82 bits per heavy atom. The number of nitrogens with zero attached hydrogens (tertiary/aromatic N) is 2.